The highest BCUT2D eigenvalue weighted by atomic mass is 19.1. The molecule has 4 rings (SSSR count). The molecular formula is C31H33FN4O4. The van der Waals surface area contributed by atoms with Crippen LogP contribution < -0.4 is 4.90 Å². The number of aromatic nitrogens is 1. The second kappa shape index (κ2) is 12.6. The van der Waals surface area contributed by atoms with Crippen molar-refractivity contribution in [2.24, 2.45) is 4.99 Å². The van der Waals surface area contributed by atoms with E-state index in [2.05, 4.69) is 4.98 Å². The maximum absolute atomic E-state index is 13.9. The third-order valence-corrected chi connectivity index (χ3v) is 6.68. The second-order valence-electron chi connectivity index (χ2n) is 9.97. The van der Waals surface area contributed by atoms with Crippen molar-refractivity contribution in [3.05, 3.63) is 89.2 Å². The first-order chi connectivity index (χ1) is 19.1. The number of benzene rings is 3. The number of aliphatic imine (C=N–C) groups is 1. The molecule has 0 unspecified atom stereocenters. The van der Waals surface area contributed by atoms with Crippen LogP contribution >= 0.6 is 0 Å². The van der Waals surface area contributed by atoms with Crippen molar-refractivity contribution in [3.63, 3.8) is 0 Å². The van der Waals surface area contributed by atoms with E-state index in [1.54, 1.807) is 30.1 Å². The van der Waals surface area contributed by atoms with Crippen molar-refractivity contribution in [3.8, 4) is 5.88 Å². The number of H-pyrrole nitrogens is 1. The van der Waals surface area contributed by atoms with Crippen molar-refractivity contribution in [2.45, 2.75) is 25.7 Å². The smallest absolute Gasteiger partial charge is 0.303 e. The fourth-order valence-electron chi connectivity index (χ4n) is 4.48. The quantitative estimate of drug-likeness (QED) is 0.216. The van der Waals surface area contributed by atoms with Crippen molar-refractivity contribution in [1.29, 1.82) is 0 Å². The van der Waals surface area contributed by atoms with Gasteiger partial charge < -0.3 is 25.0 Å². The van der Waals surface area contributed by atoms with Gasteiger partial charge in [0.25, 0.3) is 0 Å². The molecule has 3 N–H and O–H groups in total. The van der Waals surface area contributed by atoms with E-state index >= 15 is 0 Å². The predicted octanol–water partition coefficient (Wildman–Crippen LogP) is 5.50. The normalized spacial score (nSPS) is 11.8. The van der Waals surface area contributed by atoms with Gasteiger partial charge in [0.05, 0.1) is 22.5 Å². The summed E-state index contributed by atoms with van der Waals surface area (Å²) in [6, 6.07) is 18.8. The first-order valence-electron chi connectivity index (χ1n) is 13.0. The molecule has 4 aromatic rings. The van der Waals surface area contributed by atoms with Crippen LogP contribution in [-0.4, -0.2) is 65.4 Å². The molecule has 1 heterocycles. The third-order valence-electron chi connectivity index (χ3n) is 6.68. The Kier molecular flexibility index (Phi) is 8.96. The average molecular weight is 545 g/mol. The summed E-state index contributed by atoms with van der Waals surface area (Å²) in [6.07, 6.45) is 1.63. The Hall–Kier alpha value is -4.50. The molecular weight excluding hydrogens is 511 g/mol. The van der Waals surface area contributed by atoms with Crippen LogP contribution in [0.5, 0.6) is 5.88 Å². The number of aryl methyl sites for hydroxylation is 1. The molecule has 0 aliphatic rings. The summed E-state index contributed by atoms with van der Waals surface area (Å²) in [5.74, 6) is -1.42. The molecule has 3 aromatic carbocycles. The molecule has 0 atom stereocenters. The van der Waals surface area contributed by atoms with Gasteiger partial charge in [-0.25, -0.2) is 9.38 Å². The summed E-state index contributed by atoms with van der Waals surface area (Å²) in [6.45, 7) is 0.837. The number of hydrogen-bond donors (Lipinski definition) is 3. The van der Waals surface area contributed by atoms with Crippen molar-refractivity contribution >= 4 is 39.9 Å². The van der Waals surface area contributed by atoms with Crippen LogP contribution in [-0.2, 0) is 16.0 Å². The second-order valence-corrected chi connectivity index (χ2v) is 9.97. The van der Waals surface area contributed by atoms with Gasteiger partial charge in [-0.1, -0.05) is 24.3 Å². The fourth-order valence-corrected chi connectivity index (χ4v) is 4.48. The number of aliphatic carboxylic acids is 1. The van der Waals surface area contributed by atoms with Crippen molar-refractivity contribution in [2.75, 3.05) is 32.6 Å². The number of carboxylic acids is 1. The number of nitrogens with zero attached hydrogens (tertiary/aromatic N) is 3. The minimum Gasteiger partial charge on any atom is -0.494 e. The number of rotatable bonds is 11. The first-order valence-corrected chi connectivity index (χ1v) is 13.0. The highest BCUT2D eigenvalue weighted by Gasteiger charge is 2.19. The molecule has 0 saturated heterocycles. The molecule has 1 amide bonds. The maximum Gasteiger partial charge on any atom is 0.303 e. The molecule has 0 bridgehead atoms. The number of carboxylic acid groups (broad SMARTS) is 1. The number of amides is 1. The van der Waals surface area contributed by atoms with Gasteiger partial charge in [0, 0.05) is 36.5 Å². The summed E-state index contributed by atoms with van der Waals surface area (Å²) in [5.41, 5.74) is 4.20. The molecule has 8 nitrogen and oxygen atoms in total. The Bertz CT molecular complexity index is 1530. The van der Waals surface area contributed by atoms with Crippen LogP contribution in [0.1, 0.15) is 36.0 Å². The monoisotopic (exact) mass is 544 g/mol. The molecule has 9 heteroatoms. The summed E-state index contributed by atoms with van der Waals surface area (Å²) in [7, 11) is 5.70. The number of aromatic amines is 1. The van der Waals surface area contributed by atoms with Crippen LogP contribution in [0.15, 0.2) is 71.7 Å². The Labute approximate surface area is 232 Å². The first kappa shape index (κ1) is 28.5. The van der Waals surface area contributed by atoms with Crippen molar-refractivity contribution in [1.82, 2.24) is 9.88 Å². The highest BCUT2D eigenvalue weighted by molar-refractivity contribution is 6.21. The van der Waals surface area contributed by atoms with E-state index in [1.807, 2.05) is 55.4 Å². The van der Waals surface area contributed by atoms with E-state index in [0.29, 0.717) is 46.3 Å². The Balaban J connectivity index is 1.68. The molecule has 0 fully saturated rings. The number of aromatic hydroxyl groups is 1. The number of carbonyl (C=O) groups excluding carboxylic acids is 1. The molecule has 1 aromatic heterocycles. The fraction of sp³-hybridized carbons (Fsp3) is 0.258. The molecule has 0 aliphatic carbocycles. The maximum atomic E-state index is 13.9. The van der Waals surface area contributed by atoms with Gasteiger partial charge in [0.15, 0.2) is 5.88 Å². The van der Waals surface area contributed by atoms with Crippen molar-refractivity contribution < 1.29 is 24.2 Å². The van der Waals surface area contributed by atoms with Gasteiger partial charge in [-0.15, -0.1) is 0 Å². The van der Waals surface area contributed by atoms with Crippen LogP contribution in [0.3, 0.4) is 0 Å². The molecule has 0 aliphatic heterocycles. The lowest BCUT2D eigenvalue weighted by Gasteiger charge is -2.18. The topological polar surface area (TPSA) is 109 Å². The van der Waals surface area contributed by atoms with E-state index < -0.39 is 11.8 Å². The summed E-state index contributed by atoms with van der Waals surface area (Å²) >= 11 is 0. The number of fused-ring (bicyclic) bond motifs is 1. The standard InChI is InChI=1S/C31H33FN4O4/c1-35(2)18-4-5-27(37)36(3)24-14-12-23(13-15-24)33-30(21-9-6-20(7-10-21)8-17-28(38)39)29-25-16-11-22(32)19-26(25)34-31(29)40/h6-7,9-16,19,34,40H,4-5,8,17-18H2,1-3H3,(H,38,39). The van der Waals surface area contributed by atoms with E-state index in [0.717, 1.165) is 24.2 Å². The lowest BCUT2D eigenvalue weighted by atomic mass is 9.98. The largest absolute Gasteiger partial charge is 0.494 e. The lowest BCUT2D eigenvalue weighted by molar-refractivity contribution is -0.137. The number of halogens is 1. The van der Waals surface area contributed by atoms with Gasteiger partial charge in [0.1, 0.15) is 5.82 Å². The molecule has 0 saturated carbocycles. The Morgan fingerprint density at radius 2 is 1.65 bits per heavy atom. The molecule has 208 valence electrons. The van der Waals surface area contributed by atoms with E-state index in [-0.39, 0.29) is 18.2 Å². The minimum atomic E-state index is -0.869. The molecule has 0 spiro atoms. The number of anilines is 1. The summed E-state index contributed by atoms with van der Waals surface area (Å²) in [4.78, 5) is 34.9. The van der Waals surface area contributed by atoms with Crippen LogP contribution in [0, 0.1) is 5.82 Å². The Morgan fingerprint density at radius 1 is 0.950 bits per heavy atom. The minimum absolute atomic E-state index is 0.0219. The highest BCUT2D eigenvalue weighted by Crippen LogP contribution is 2.32. The zero-order chi connectivity index (χ0) is 28.8. The lowest BCUT2D eigenvalue weighted by Crippen LogP contribution is -2.27. The van der Waals surface area contributed by atoms with Gasteiger partial charge >= 0.3 is 5.97 Å². The number of nitrogens with one attached hydrogen (secondary N) is 1. The van der Waals surface area contributed by atoms with E-state index in [1.165, 1.54) is 12.1 Å². The SMILES string of the molecule is CN(C)CCCC(=O)N(C)c1ccc(N=C(c2ccc(CCC(=O)O)cc2)c2c(O)[nH]c3cc(F)ccc23)cc1. The zero-order valence-electron chi connectivity index (χ0n) is 22.8. The van der Waals surface area contributed by atoms with Gasteiger partial charge in [0.2, 0.25) is 5.91 Å². The van der Waals surface area contributed by atoms with Crippen LogP contribution in [0.4, 0.5) is 15.8 Å². The van der Waals surface area contributed by atoms with Crippen LogP contribution in [0.2, 0.25) is 0 Å². The van der Waals surface area contributed by atoms with E-state index in [9.17, 15) is 19.1 Å². The Morgan fingerprint density at radius 3 is 2.30 bits per heavy atom. The zero-order valence-corrected chi connectivity index (χ0v) is 22.8. The summed E-state index contributed by atoms with van der Waals surface area (Å²) in [5, 5.41) is 20.4. The summed E-state index contributed by atoms with van der Waals surface area (Å²) < 4.78 is 13.9. The van der Waals surface area contributed by atoms with Gasteiger partial charge in [-0.05, 0) is 81.5 Å². The van der Waals surface area contributed by atoms with Gasteiger partial charge in [-0.2, -0.15) is 0 Å². The third kappa shape index (κ3) is 6.92. The van der Waals surface area contributed by atoms with Gasteiger partial charge in [-0.3, -0.25) is 9.59 Å². The molecule has 40 heavy (non-hydrogen) atoms. The van der Waals surface area contributed by atoms with Crippen LogP contribution in [0.25, 0.3) is 10.9 Å². The van der Waals surface area contributed by atoms with E-state index in [4.69, 9.17) is 10.1 Å². The molecule has 0 radical (unpaired) electrons. The number of carbonyl (C=O) groups is 2. The number of hydrogen-bond acceptors (Lipinski definition) is 5. The predicted molar refractivity (Wildman–Crippen MR) is 155 cm³/mol. The average Bonchev–Trinajstić information content (AvgIpc) is 3.25.